The van der Waals surface area contributed by atoms with Gasteiger partial charge in [-0.1, -0.05) is 46.5 Å². The lowest BCUT2D eigenvalue weighted by atomic mass is 9.79. The first kappa shape index (κ1) is 25.1. The van der Waals surface area contributed by atoms with E-state index in [0.717, 1.165) is 48.4 Å². The Labute approximate surface area is 209 Å². The number of anilines is 1. The molecule has 186 valence electrons. The number of hydrogen-bond donors (Lipinski definition) is 3. The summed E-state index contributed by atoms with van der Waals surface area (Å²) < 4.78 is 17.6. The molecule has 1 saturated carbocycles. The molecule has 3 aliphatic rings. The summed E-state index contributed by atoms with van der Waals surface area (Å²) in [4.78, 5) is 21.4. The minimum absolute atomic E-state index is 0.0463. The average molecular weight is 505 g/mol. The molecule has 1 amide bonds. The van der Waals surface area contributed by atoms with Gasteiger partial charge in [-0.2, -0.15) is 0 Å². The van der Waals surface area contributed by atoms with Gasteiger partial charge in [0.1, 0.15) is 22.3 Å². The van der Waals surface area contributed by atoms with Crippen LogP contribution in [-0.2, 0) is 15.8 Å². The minimum Gasteiger partial charge on any atom is -0.511 e. The third kappa shape index (κ3) is 5.62. The molecular formula is C25H36N4O3S2. The zero-order chi connectivity index (χ0) is 24.5. The Balaban J connectivity index is 1.69. The first-order valence-electron chi connectivity index (χ1n) is 12.1. The molecule has 0 aromatic heterocycles. The Morgan fingerprint density at radius 2 is 1.97 bits per heavy atom. The van der Waals surface area contributed by atoms with Crippen molar-refractivity contribution in [1.29, 1.82) is 0 Å². The first-order chi connectivity index (χ1) is 16.1. The summed E-state index contributed by atoms with van der Waals surface area (Å²) in [5, 5.41) is 11.4. The quantitative estimate of drug-likeness (QED) is 0.463. The molecule has 7 nitrogen and oxygen atoms in total. The van der Waals surface area contributed by atoms with Gasteiger partial charge < -0.3 is 19.5 Å². The average Bonchev–Trinajstić information content (AvgIpc) is 2.73. The Morgan fingerprint density at radius 3 is 2.68 bits per heavy atom. The summed E-state index contributed by atoms with van der Waals surface area (Å²) in [5.41, 5.74) is 1.89. The summed E-state index contributed by atoms with van der Waals surface area (Å²) in [7, 11) is -1.16. The standard InChI is InChI=1S/C25H36N4O3S2/c1-25(2,3)13-14-29-19-10-8-6-5-7-9-17(19)22(30)21(24(29)31)23-26-18-12-11-16(28-34(4)32)15-20(18)33-27-23/h11-12,15,17,19,28,30H,5-10,13-14H2,1-4H3,(H,26,27). The molecule has 1 aliphatic carbocycles. The lowest BCUT2D eigenvalue weighted by Gasteiger charge is -2.43. The van der Waals surface area contributed by atoms with Crippen LogP contribution >= 0.6 is 11.9 Å². The smallest absolute Gasteiger partial charge is 0.261 e. The van der Waals surface area contributed by atoms with Crippen molar-refractivity contribution in [3.63, 3.8) is 0 Å². The molecule has 1 aromatic rings. The zero-order valence-electron chi connectivity index (χ0n) is 20.5. The second-order valence-corrected chi connectivity index (χ2v) is 12.6. The van der Waals surface area contributed by atoms with Crippen molar-refractivity contribution < 1.29 is 14.1 Å². The Bertz CT molecular complexity index is 1030. The third-order valence-corrected chi connectivity index (χ3v) is 8.13. The van der Waals surface area contributed by atoms with E-state index in [-0.39, 0.29) is 29.0 Å². The predicted octanol–water partition coefficient (Wildman–Crippen LogP) is 5.46. The van der Waals surface area contributed by atoms with Crippen LogP contribution in [0.4, 0.5) is 11.4 Å². The lowest BCUT2D eigenvalue weighted by Crippen LogP contribution is -2.53. The molecule has 2 aliphatic heterocycles. The van der Waals surface area contributed by atoms with Crippen LogP contribution in [0.25, 0.3) is 0 Å². The lowest BCUT2D eigenvalue weighted by molar-refractivity contribution is -0.132. The van der Waals surface area contributed by atoms with Gasteiger partial charge in [0.25, 0.3) is 5.91 Å². The van der Waals surface area contributed by atoms with Gasteiger partial charge >= 0.3 is 0 Å². The van der Waals surface area contributed by atoms with E-state index in [4.69, 9.17) is 4.99 Å². The molecule has 0 radical (unpaired) electrons. The topological polar surface area (TPSA) is 94.0 Å². The normalized spacial score (nSPS) is 24.3. The van der Waals surface area contributed by atoms with Crippen LogP contribution < -0.4 is 9.44 Å². The Morgan fingerprint density at radius 1 is 1.24 bits per heavy atom. The number of amidine groups is 1. The van der Waals surface area contributed by atoms with Crippen LogP contribution in [0.1, 0.15) is 65.7 Å². The predicted molar refractivity (Wildman–Crippen MR) is 141 cm³/mol. The number of benzene rings is 1. The molecule has 0 spiro atoms. The molecule has 9 heteroatoms. The van der Waals surface area contributed by atoms with E-state index in [2.05, 4.69) is 30.2 Å². The van der Waals surface area contributed by atoms with Gasteiger partial charge in [0.15, 0.2) is 5.84 Å². The van der Waals surface area contributed by atoms with Crippen LogP contribution in [0, 0.1) is 11.3 Å². The second kappa shape index (κ2) is 10.3. The van der Waals surface area contributed by atoms with Crippen molar-refractivity contribution in [2.24, 2.45) is 16.3 Å². The number of nitrogens with one attached hydrogen (secondary N) is 2. The highest BCUT2D eigenvalue weighted by molar-refractivity contribution is 7.98. The number of amides is 1. The molecule has 1 aromatic carbocycles. The highest BCUT2D eigenvalue weighted by atomic mass is 32.2. The van der Waals surface area contributed by atoms with Crippen molar-refractivity contribution in [2.75, 3.05) is 17.5 Å². The van der Waals surface area contributed by atoms with Gasteiger partial charge in [0.2, 0.25) is 0 Å². The molecular weight excluding hydrogens is 468 g/mol. The summed E-state index contributed by atoms with van der Waals surface area (Å²) in [6, 6.07) is 5.60. The van der Waals surface area contributed by atoms with Crippen molar-refractivity contribution in [3.8, 4) is 0 Å². The summed E-state index contributed by atoms with van der Waals surface area (Å²) in [5.74, 6) is 0.438. The number of carbonyl (C=O) groups excluding carboxylic acids is 1. The van der Waals surface area contributed by atoms with Gasteiger partial charge in [-0.25, -0.2) is 9.20 Å². The number of aliphatic hydroxyl groups is 1. The number of aliphatic hydroxyl groups excluding tert-OH is 1. The molecule has 4 rings (SSSR count). The molecule has 1 fully saturated rings. The molecule has 2 heterocycles. The van der Waals surface area contributed by atoms with E-state index < -0.39 is 11.0 Å². The van der Waals surface area contributed by atoms with Crippen LogP contribution in [0.3, 0.4) is 0 Å². The maximum Gasteiger partial charge on any atom is 0.261 e. The summed E-state index contributed by atoms with van der Waals surface area (Å²) in [6.45, 7) is 7.27. The Hall–Kier alpha value is -2.00. The fourth-order valence-corrected chi connectivity index (χ4v) is 6.18. The van der Waals surface area contributed by atoms with E-state index in [0.29, 0.717) is 18.0 Å². The van der Waals surface area contributed by atoms with Crippen molar-refractivity contribution >= 4 is 46.1 Å². The molecule has 0 saturated heterocycles. The van der Waals surface area contributed by atoms with Crippen molar-refractivity contribution in [3.05, 3.63) is 29.5 Å². The number of nitrogens with zero attached hydrogens (tertiary/aromatic N) is 2. The third-order valence-electron chi connectivity index (χ3n) is 6.76. The molecule has 34 heavy (non-hydrogen) atoms. The largest absolute Gasteiger partial charge is 0.511 e. The van der Waals surface area contributed by atoms with Crippen LogP contribution in [0.5, 0.6) is 0 Å². The van der Waals surface area contributed by atoms with Crippen LogP contribution in [0.2, 0.25) is 0 Å². The number of carbonyl (C=O) groups is 1. The van der Waals surface area contributed by atoms with Gasteiger partial charge in [-0.15, -0.1) is 0 Å². The zero-order valence-corrected chi connectivity index (χ0v) is 22.2. The number of aliphatic imine (C=N–C) groups is 1. The van der Waals surface area contributed by atoms with E-state index in [1.165, 1.54) is 24.8 Å². The molecule has 3 N–H and O–H groups in total. The number of hydrogen-bond acceptors (Lipinski definition) is 6. The first-order valence-corrected chi connectivity index (χ1v) is 14.5. The fraction of sp³-hybridized carbons (Fsp3) is 0.600. The summed E-state index contributed by atoms with van der Waals surface area (Å²) in [6.07, 6.45) is 8.82. The maximum atomic E-state index is 13.8. The SMILES string of the molecule is CS(=O)Nc1ccc2c(c1)SNC(C1=C(O)C3CCCCCCC3N(CCC(C)(C)C)C1=O)=N2. The molecule has 3 unspecified atom stereocenters. The van der Waals surface area contributed by atoms with E-state index in [9.17, 15) is 14.1 Å². The van der Waals surface area contributed by atoms with E-state index in [1.54, 1.807) is 6.26 Å². The highest BCUT2D eigenvalue weighted by Gasteiger charge is 2.43. The van der Waals surface area contributed by atoms with E-state index in [1.807, 2.05) is 23.1 Å². The second-order valence-electron chi connectivity index (χ2n) is 10.6. The number of fused-ring (bicyclic) bond motifs is 2. The minimum atomic E-state index is -1.16. The van der Waals surface area contributed by atoms with Gasteiger partial charge in [0.05, 0.1) is 10.6 Å². The van der Waals surface area contributed by atoms with Crippen molar-refractivity contribution in [2.45, 2.75) is 76.7 Å². The number of rotatable bonds is 5. The maximum absolute atomic E-state index is 13.8. The van der Waals surface area contributed by atoms with E-state index >= 15 is 0 Å². The summed E-state index contributed by atoms with van der Waals surface area (Å²) >= 11 is 1.36. The molecule has 3 atom stereocenters. The van der Waals surface area contributed by atoms with Gasteiger partial charge in [-0.3, -0.25) is 4.79 Å². The van der Waals surface area contributed by atoms with Gasteiger partial charge in [0, 0.05) is 30.4 Å². The van der Waals surface area contributed by atoms with Gasteiger partial charge in [-0.05, 0) is 54.8 Å². The van der Waals surface area contributed by atoms with Crippen LogP contribution in [-0.4, -0.2) is 44.8 Å². The van der Waals surface area contributed by atoms with Crippen LogP contribution in [0.15, 0.2) is 39.4 Å². The fourth-order valence-electron chi connectivity index (χ4n) is 4.96. The van der Waals surface area contributed by atoms with Crippen molar-refractivity contribution in [1.82, 2.24) is 9.62 Å². The monoisotopic (exact) mass is 504 g/mol. The molecule has 0 bridgehead atoms. The highest BCUT2D eigenvalue weighted by Crippen LogP contribution is 2.40. The Kier molecular flexibility index (Phi) is 7.62.